The summed E-state index contributed by atoms with van der Waals surface area (Å²) in [5, 5.41) is 13.0. The maximum Gasteiger partial charge on any atom is 0.224 e. The standard InChI is InChI=1S/C19H23NO4/c1-13-5-4-6-14(9-13)10-19(22)20-12-16(21)15-7-8-17(23-2)18(11-15)24-3/h4-9,11,16,21H,10,12H2,1-3H3,(H,20,22). The van der Waals surface area contributed by atoms with E-state index in [1.54, 1.807) is 25.3 Å². The summed E-state index contributed by atoms with van der Waals surface area (Å²) in [4.78, 5) is 12.0. The van der Waals surface area contributed by atoms with E-state index in [9.17, 15) is 9.90 Å². The average molecular weight is 329 g/mol. The number of aliphatic hydroxyl groups is 1. The van der Waals surface area contributed by atoms with Gasteiger partial charge in [-0.1, -0.05) is 35.9 Å². The molecular weight excluding hydrogens is 306 g/mol. The van der Waals surface area contributed by atoms with Gasteiger partial charge < -0.3 is 19.9 Å². The van der Waals surface area contributed by atoms with Gasteiger partial charge in [0, 0.05) is 6.54 Å². The zero-order valence-corrected chi connectivity index (χ0v) is 14.2. The van der Waals surface area contributed by atoms with Crippen molar-refractivity contribution in [1.29, 1.82) is 0 Å². The molecule has 0 aromatic heterocycles. The molecule has 0 aliphatic heterocycles. The Balaban J connectivity index is 1.92. The predicted molar refractivity (Wildman–Crippen MR) is 92.4 cm³/mol. The van der Waals surface area contributed by atoms with E-state index < -0.39 is 6.10 Å². The van der Waals surface area contributed by atoms with Crippen LogP contribution in [-0.2, 0) is 11.2 Å². The van der Waals surface area contributed by atoms with Gasteiger partial charge in [0.25, 0.3) is 0 Å². The molecule has 0 heterocycles. The van der Waals surface area contributed by atoms with Gasteiger partial charge in [0.1, 0.15) is 0 Å². The van der Waals surface area contributed by atoms with Crippen LogP contribution in [0.15, 0.2) is 42.5 Å². The zero-order valence-electron chi connectivity index (χ0n) is 14.2. The van der Waals surface area contributed by atoms with Gasteiger partial charge in [0.2, 0.25) is 5.91 Å². The molecule has 24 heavy (non-hydrogen) atoms. The smallest absolute Gasteiger partial charge is 0.224 e. The Morgan fingerprint density at radius 2 is 1.88 bits per heavy atom. The minimum Gasteiger partial charge on any atom is -0.493 e. The molecular formula is C19H23NO4. The SMILES string of the molecule is COc1ccc(C(O)CNC(=O)Cc2cccc(C)c2)cc1OC. The summed E-state index contributed by atoms with van der Waals surface area (Å²) in [5.74, 6) is 1.01. The molecule has 2 aromatic rings. The summed E-state index contributed by atoms with van der Waals surface area (Å²) < 4.78 is 10.4. The summed E-state index contributed by atoms with van der Waals surface area (Å²) in [6.45, 7) is 2.13. The first-order valence-corrected chi connectivity index (χ1v) is 7.75. The molecule has 0 saturated carbocycles. The highest BCUT2D eigenvalue weighted by Gasteiger charge is 2.13. The Bertz CT molecular complexity index is 700. The Hall–Kier alpha value is -2.53. The first-order chi connectivity index (χ1) is 11.5. The Kier molecular flexibility index (Phi) is 6.21. The minimum absolute atomic E-state index is 0.125. The van der Waals surface area contributed by atoms with Gasteiger partial charge >= 0.3 is 0 Å². The first kappa shape index (κ1) is 17.8. The molecule has 1 atom stereocenters. The molecule has 2 aromatic carbocycles. The van der Waals surface area contributed by atoms with Crippen molar-refractivity contribution in [3.63, 3.8) is 0 Å². The van der Waals surface area contributed by atoms with E-state index in [0.717, 1.165) is 11.1 Å². The molecule has 0 fully saturated rings. The lowest BCUT2D eigenvalue weighted by Crippen LogP contribution is -2.29. The number of nitrogens with one attached hydrogen (secondary N) is 1. The van der Waals surface area contributed by atoms with Crippen molar-refractivity contribution in [2.75, 3.05) is 20.8 Å². The van der Waals surface area contributed by atoms with E-state index in [0.29, 0.717) is 23.5 Å². The number of carbonyl (C=O) groups excluding carboxylic acids is 1. The zero-order chi connectivity index (χ0) is 17.5. The lowest BCUT2D eigenvalue weighted by molar-refractivity contribution is -0.120. The second kappa shape index (κ2) is 8.36. The van der Waals surface area contributed by atoms with Crippen LogP contribution in [0.4, 0.5) is 0 Å². The average Bonchev–Trinajstić information content (AvgIpc) is 2.59. The van der Waals surface area contributed by atoms with Gasteiger partial charge in [-0.05, 0) is 30.2 Å². The summed E-state index contributed by atoms with van der Waals surface area (Å²) >= 11 is 0. The van der Waals surface area contributed by atoms with Gasteiger partial charge in [-0.2, -0.15) is 0 Å². The molecule has 0 saturated heterocycles. The van der Waals surface area contributed by atoms with Crippen LogP contribution in [0.1, 0.15) is 22.8 Å². The van der Waals surface area contributed by atoms with Crippen LogP contribution in [0.2, 0.25) is 0 Å². The maximum atomic E-state index is 12.0. The summed E-state index contributed by atoms with van der Waals surface area (Å²) in [6.07, 6.45) is -0.522. The number of rotatable bonds is 7. The fourth-order valence-electron chi connectivity index (χ4n) is 2.46. The van der Waals surface area contributed by atoms with Crippen LogP contribution in [-0.4, -0.2) is 31.8 Å². The normalized spacial score (nSPS) is 11.7. The van der Waals surface area contributed by atoms with Crippen molar-refractivity contribution in [3.8, 4) is 11.5 Å². The molecule has 1 unspecified atom stereocenters. The number of amides is 1. The molecule has 0 radical (unpaired) electrons. The molecule has 1 amide bonds. The van der Waals surface area contributed by atoms with Crippen molar-refractivity contribution < 1.29 is 19.4 Å². The Labute approximate surface area is 142 Å². The molecule has 2 N–H and O–H groups in total. The van der Waals surface area contributed by atoms with E-state index in [4.69, 9.17) is 9.47 Å². The van der Waals surface area contributed by atoms with Gasteiger partial charge in [-0.25, -0.2) is 0 Å². The minimum atomic E-state index is -0.814. The summed E-state index contributed by atoms with van der Waals surface area (Å²) in [6, 6.07) is 13.0. The third-order valence-corrected chi connectivity index (χ3v) is 3.73. The van der Waals surface area contributed by atoms with Crippen molar-refractivity contribution in [3.05, 3.63) is 59.2 Å². The lowest BCUT2D eigenvalue weighted by Gasteiger charge is -2.15. The highest BCUT2D eigenvalue weighted by Crippen LogP contribution is 2.29. The van der Waals surface area contributed by atoms with Crippen LogP contribution >= 0.6 is 0 Å². The monoisotopic (exact) mass is 329 g/mol. The third kappa shape index (κ3) is 4.73. The van der Waals surface area contributed by atoms with Crippen LogP contribution in [0.25, 0.3) is 0 Å². The molecule has 128 valence electrons. The van der Waals surface area contributed by atoms with Gasteiger partial charge in [0.05, 0.1) is 26.7 Å². The number of methoxy groups -OCH3 is 2. The van der Waals surface area contributed by atoms with Crippen LogP contribution in [0.5, 0.6) is 11.5 Å². The number of carbonyl (C=O) groups is 1. The van der Waals surface area contributed by atoms with Gasteiger partial charge in [-0.3, -0.25) is 4.79 Å². The van der Waals surface area contributed by atoms with E-state index >= 15 is 0 Å². The van der Waals surface area contributed by atoms with Crippen molar-refractivity contribution >= 4 is 5.91 Å². The summed E-state index contributed by atoms with van der Waals surface area (Å²) in [7, 11) is 3.09. The Morgan fingerprint density at radius 3 is 2.54 bits per heavy atom. The number of hydrogen-bond acceptors (Lipinski definition) is 4. The molecule has 5 nitrogen and oxygen atoms in total. The van der Waals surface area contributed by atoms with E-state index in [2.05, 4.69) is 5.32 Å². The van der Waals surface area contributed by atoms with Gasteiger partial charge in [0.15, 0.2) is 11.5 Å². The van der Waals surface area contributed by atoms with Crippen molar-refractivity contribution in [2.24, 2.45) is 0 Å². The number of benzene rings is 2. The molecule has 0 aliphatic carbocycles. The molecule has 0 aliphatic rings. The van der Waals surface area contributed by atoms with Crippen LogP contribution in [0, 0.1) is 6.92 Å². The first-order valence-electron chi connectivity index (χ1n) is 7.75. The molecule has 0 spiro atoms. The number of aryl methyl sites for hydroxylation is 1. The third-order valence-electron chi connectivity index (χ3n) is 3.73. The number of ether oxygens (including phenoxy) is 2. The van der Waals surface area contributed by atoms with E-state index in [1.165, 1.54) is 7.11 Å². The largest absolute Gasteiger partial charge is 0.493 e. The van der Waals surface area contributed by atoms with Crippen LogP contribution < -0.4 is 14.8 Å². The van der Waals surface area contributed by atoms with Crippen molar-refractivity contribution in [1.82, 2.24) is 5.32 Å². The molecule has 0 bridgehead atoms. The van der Waals surface area contributed by atoms with E-state index in [1.807, 2.05) is 31.2 Å². The van der Waals surface area contributed by atoms with Gasteiger partial charge in [-0.15, -0.1) is 0 Å². The van der Waals surface area contributed by atoms with E-state index in [-0.39, 0.29) is 12.5 Å². The molecule has 2 rings (SSSR count). The highest BCUT2D eigenvalue weighted by atomic mass is 16.5. The summed E-state index contributed by atoms with van der Waals surface area (Å²) in [5.41, 5.74) is 2.72. The van der Waals surface area contributed by atoms with Crippen LogP contribution in [0.3, 0.4) is 0 Å². The maximum absolute atomic E-state index is 12.0. The second-order valence-corrected chi connectivity index (χ2v) is 5.60. The molecule has 5 heteroatoms. The van der Waals surface area contributed by atoms with Crippen molar-refractivity contribution in [2.45, 2.75) is 19.4 Å². The number of aliphatic hydroxyl groups excluding tert-OH is 1. The second-order valence-electron chi connectivity index (χ2n) is 5.60. The lowest BCUT2D eigenvalue weighted by atomic mass is 10.1. The predicted octanol–water partition coefficient (Wildman–Crippen LogP) is 2.40. The quantitative estimate of drug-likeness (QED) is 0.818. The topological polar surface area (TPSA) is 67.8 Å². The highest BCUT2D eigenvalue weighted by molar-refractivity contribution is 5.78. The number of hydrogen-bond donors (Lipinski definition) is 2. The fourth-order valence-corrected chi connectivity index (χ4v) is 2.46. The Morgan fingerprint density at radius 1 is 1.12 bits per heavy atom. The fraction of sp³-hybridized carbons (Fsp3) is 0.316.